The number of benzene rings is 2. The lowest BCUT2D eigenvalue weighted by atomic mass is 10.2. The van der Waals surface area contributed by atoms with E-state index in [-0.39, 0.29) is 6.61 Å². The first kappa shape index (κ1) is 16.8. The van der Waals surface area contributed by atoms with Gasteiger partial charge in [-0.05, 0) is 30.2 Å². The molecule has 2 aromatic rings. The molecule has 0 atom stereocenters. The molecule has 0 bridgehead atoms. The summed E-state index contributed by atoms with van der Waals surface area (Å²) in [6, 6.07) is 15.1. The third kappa shape index (κ3) is 5.64. The van der Waals surface area contributed by atoms with Crippen LogP contribution >= 0.6 is 0 Å². The molecule has 0 radical (unpaired) electrons. The molecule has 23 heavy (non-hydrogen) atoms. The maximum Gasteiger partial charge on any atom is 0.514 e. The highest BCUT2D eigenvalue weighted by molar-refractivity contribution is 5.65. The molecule has 2 rings (SSSR count). The van der Waals surface area contributed by atoms with Gasteiger partial charge in [-0.2, -0.15) is 0 Å². The summed E-state index contributed by atoms with van der Waals surface area (Å²) >= 11 is 0. The van der Waals surface area contributed by atoms with Gasteiger partial charge in [-0.25, -0.2) is 4.79 Å². The van der Waals surface area contributed by atoms with Crippen molar-refractivity contribution < 1.29 is 23.7 Å². The molecular weight excluding hydrogens is 296 g/mol. The van der Waals surface area contributed by atoms with Crippen LogP contribution in [0.2, 0.25) is 0 Å². The van der Waals surface area contributed by atoms with Gasteiger partial charge in [-0.1, -0.05) is 36.4 Å². The summed E-state index contributed by atoms with van der Waals surface area (Å²) in [4.78, 5) is 11.6. The summed E-state index contributed by atoms with van der Waals surface area (Å²) in [5.74, 6) is 0.815. The van der Waals surface area contributed by atoms with Crippen LogP contribution in [0.25, 0.3) is 0 Å². The van der Waals surface area contributed by atoms with Crippen molar-refractivity contribution in [3.8, 4) is 11.5 Å². The van der Waals surface area contributed by atoms with Gasteiger partial charge in [-0.3, -0.25) is 0 Å². The van der Waals surface area contributed by atoms with Crippen molar-refractivity contribution in [2.45, 2.75) is 13.5 Å². The van der Waals surface area contributed by atoms with E-state index < -0.39 is 6.16 Å². The molecule has 122 valence electrons. The van der Waals surface area contributed by atoms with Crippen molar-refractivity contribution in [1.82, 2.24) is 0 Å². The SMILES string of the molecule is COc1cc(C)ccc1OC(=O)OCCOCc1ccccc1. The van der Waals surface area contributed by atoms with Crippen molar-refractivity contribution in [2.75, 3.05) is 20.3 Å². The Labute approximate surface area is 135 Å². The fraction of sp³-hybridized carbons (Fsp3) is 0.278. The quantitative estimate of drug-likeness (QED) is 0.442. The Morgan fingerprint density at radius 2 is 1.78 bits per heavy atom. The molecule has 0 N–H and O–H groups in total. The van der Waals surface area contributed by atoms with E-state index in [9.17, 15) is 4.79 Å². The fourth-order valence-electron chi connectivity index (χ4n) is 1.93. The number of carbonyl (C=O) groups is 1. The van der Waals surface area contributed by atoms with Gasteiger partial charge >= 0.3 is 6.16 Å². The van der Waals surface area contributed by atoms with Crippen molar-refractivity contribution in [3.63, 3.8) is 0 Å². The summed E-state index contributed by atoms with van der Waals surface area (Å²) in [6.45, 7) is 2.83. The number of hydrogen-bond acceptors (Lipinski definition) is 5. The number of ether oxygens (including phenoxy) is 4. The molecule has 0 heterocycles. The van der Waals surface area contributed by atoms with E-state index in [0.717, 1.165) is 11.1 Å². The Hall–Kier alpha value is -2.53. The lowest BCUT2D eigenvalue weighted by Gasteiger charge is -2.10. The minimum atomic E-state index is -0.782. The minimum Gasteiger partial charge on any atom is -0.493 e. The molecule has 2 aromatic carbocycles. The Morgan fingerprint density at radius 1 is 1.00 bits per heavy atom. The molecule has 0 unspecified atom stereocenters. The maximum absolute atomic E-state index is 11.6. The van der Waals surface area contributed by atoms with Gasteiger partial charge in [0.15, 0.2) is 11.5 Å². The van der Waals surface area contributed by atoms with Crippen LogP contribution in [0.5, 0.6) is 11.5 Å². The van der Waals surface area contributed by atoms with Crippen LogP contribution in [-0.2, 0) is 16.1 Å². The third-order valence-electron chi connectivity index (χ3n) is 3.07. The van der Waals surface area contributed by atoms with E-state index in [1.807, 2.05) is 43.3 Å². The average molecular weight is 316 g/mol. The standard InChI is InChI=1S/C18H20O5/c1-14-8-9-16(17(12-14)20-2)23-18(19)22-11-10-21-13-15-6-4-3-5-7-15/h3-9,12H,10-11,13H2,1-2H3. The van der Waals surface area contributed by atoms with Crippen LogP contribution in [-0.4, -0.2) is 26.5 Å². The van der Waals surface area contributed by atoms with Crippen LogP contribution < -0.4 is 9.47 Å². The van der Waals surface area contributed by atoms with Crippen LogP contribution in [0.3, 0.4) is 0 Å². The van der Waals surface area contributed by atoms with E-state index in [2.05, 4.69) is 0 Å². The normalized spacial score (nSPS) is 10.2. The van der Waals surface area contributed by atoms with Crippen molar-refractivity contribution >= 4 is 6.16 Å². The predicted molar refractivity (Wildman–Crippen MR) is 85.8 cm³/mol. The first-order valence-corrected chi connectivity index (χ1v) is 7.30. The minimum absolute atomic E-state index is 0.125. The maximum atomic E-state index is 11.6. The molecule has 0 fully saturated rings. The van der Waals surface area contributed by atoms with Gasteiger partial charge in [0.25, 0.3) is 0 Å². The lowest BCUT2D eigenvalue weighted by molar-refractivity contribution is 0.0459. The van der Waals surface area contributed by atoms with Gasteiger partial charge < -0.3 is 18.9 Å². The van der Waals surface area contributed by atoms with Crippen molar-refractivity contribution in [1.29, 1.82) is 0 Å². The topological polar surface area (TPSA) is 54.0 Å². The van der Waals surface area contributed by atoms with Gasteiger partial charge in [0.1, 0.15) is 6.61 Å². The number of rotatable bonds is 7. The Morgan fingerprint density at radius 3 is 2.52 bits per heavy atom. The van der Waals surface area contributed by atoms with Crippen molar-refractivity contribution in [2.24, 2.45) is 0 Å². The molecule has 0 aliphatic rings. The van der Waals surface area contributed by atoms with E-state index in [1.54, 1.807) is 12.1 Å². The van der Waals surface area contributed by atoms with Gasteiger partial charge in [0.2, 0.25) is 0 Å². The third-order valence-corrected chi connectivity index (χ3v) is 3.07. The highest BCUT2D eigenvalue weighted by Crippen LogP contribution is 2.27. The lowest BCUT2D eigenvalue weighted by Crippen LogP contribution is -2.15. The summed E-state index contributed by atoms with van der Waals surface area (Å²) < 4.78 is 20.7. The molecule has 0 saturated carbocycles. The highest BCUT2D eigenvalue weighted by Gasteiger charge is 2.11. The fourth-order valence-corrected chi connectivity index (χ4v) is 1.93. The number of aryl methyl sites for hydroxylation is 1. The smallest absolute Gasteiger partial charge is 0.493 e. The van der Waals surface area contributed by atoms with Crippen LogP contribution in [0, 0.1) is 6.92 Å². The van der Waals surface area contributed by atoms with Crippen LogP contribution in [0.15, 0.2) is 48.5 Å². The van der Waals surface area contributed by atoms with Gasteiger partial charge in [0.05, 0.1) is 20.3 Å². The zero-order valence-electron chi connectivity index (χ0n) is 13.3. The van der Waals surface area contributed by atoms with Gasteiger partial charge in [0, 0.05) is 0 Å². The van der Waals surface area contributed by atoms with E-state index in [0.29, 0.717) is 24.7 Å². The van der Waals surface area contributed by atoms with Crippen LogP contribution in [0.1, 0.15) is 11.1 Å². The second kappa shape index (κ2) is 8.80. The second-order valence-corrected chi connectivity index (χ2v) is 4.89. The molecule has 5 heteroatoms. The number of hydrogen-bond donors (Lipinski definition) is 0. The zero-order valence-corrected chi connectivity index (χ0v) is 13.3. The largest absolute Gasteiger partial charge is 0.514 e. The molecule has 0 spiro atoms. The first-order chi connectivity index (χ1) is 11.2. The summed E-state index contributed by atoms with van der Waals surface area (Å²) in [7, 11) is 1.52. The summed E-state index contributed by atoms with van der Waals surface area (Å²) in [6.07, 6.45) is -0.782. The first-order valence-electron chi connectivity index (χ1n) is 7.30. The predicted octanol–water partition coefficient (Wildman–Crippen LogP) is 3.74. The monoisotopic (exact) mass is 316 g/mol. The van der Waals surface area contributed by atoms with E-state index in [1.165, 1.54) is 7.11 Å². The molecule has 0 saturated heterocycles. The molecule has 5 nitrogen and oxygen atoms in total. The molecule has 0 aliphatic heterocycles. The Kier molecular flexibility index (Phi) is 6.44. The zero-order chi connectivity index (χ0) is 16.5. The van der Waals surface area contributed by atoms with E-state index in [4.69, 9.17) is 18.9 Å². The molecule has 0 amide bonds. The summed E-state index contributed by atoms with van der Waals surface area (Å²) in [5.41, 5.74) is 2.08. The summed E-state index contributed by atoms with van der Waals surface area (Å²) in [5, 5.41) is 0. The Bertz CT molecular complexity index is 625. The highest BCUT2D eigenvalue weighted by atomic mass is 16.7. The van der Waals surface area contributed by atoms with Gasteiger partial charge in [-0.15, -0.1) is 0 Å². The molecule has 0 aromatic heterocycles. The molecular formula is C18H20O5. The second-order valence-electron chi connectivity index (χ2n) is 4.89. The van der Waals surface area contributed by atoms with E-state index >= 15 is 0 Å². The Balaban J connectivity index is 1.69. The van der Waals surface area contributed by atoms with Crippen molar-refractivity contribution in [3.05, 3.63) is 59.7 Å². The average Bonchev–Trinajstić information content (AvgIpc) is 2.57. The molecule has 0 aliphatic carbocycles. The van der Waals surface area contributed by atoms with Crippen LogP contribution in [0.4, 0.5) is 4.79 Å². The number of carbonyl (C=O) groups excluding carboxylic acids is 1. The number of methoxy groups -OCH3 is 1.